The highest BCUT2D eigenvalue weighted by Gasteiger charge is 2.21. The summed E-state index contributed by atoms with van der Waals surface area (Å²) in [6, 6.07) is 15.9. The Morgan fingerprint density at radius 1 is 1.15 bits per heavy atom. The minimum absolute atomic E-state index is 0.0178. The molecule has 1 saturated heterocycles. The molecule has 7 heteroatoms. The van der Waals surface area contributed by atoms with Crippen LogP contribution in [0.15, 0.2) is 54.7 Å². The number of hydrogen-bond donors (Lipinski definition) is 2. The zero-order valence-electron chi connectivity index (χ0n) is 19.1. The number of carbonyl (C=O) groups excluding carboxylic acids is 1. The van der Waals surface area contributed by atoms with Gasteiger partial charge in [0.2, 0.25) is 0 Å². The van der Waals surface area contributed by atoms with Crippen LogP contribution in [-0.4, -0.2) is 39.8 Å². The van der Waals surface area contributed by atoms with E-state index in [0.717, 1.165) is 64.2 Å². The molecule has 168 valence electrons. The maximum atomic E-state index is 12.7. The second kappa shape index (κ2) is 8.67. The van der Waals surface area contributed by atoms with Crippen molar-refractivity contribution >= 4 is 16.8 Å². The Morgan fingerprint density at radius 2 is 1.97 bits per heavy atom. The van der Waals surface area contributed by atoms with Gasteiger partial charge in [0.15, 0.2) is 0 Å². The van der Waals surface area contributed by atoms with Gasteiger partial charge in [0.05, 0.1) is 22.9 Å². The molecule has 2 aromatic carbocycles. The lowest BCUT2D eigenvalue weighted by Gasteiger charge is -2.28. The first-order valence-electron chi connectivity index (χ1n) is 11.2. The van der Waals surface area contributed by atoms with Crippen molar-refractivity contribution in [1.29, 1.82) is 0 Å². The predicted molar refractivity (Wildman–Crippen MR) is 129 cm³/mol. The summed E-state index contributed by atoms with van der Waals surface area (Å²) in [6.45, 7) is 5.72. The molecule has 5 rings (SSSR count). The predicted octanol–water partition coefficient (Wildman–Crippen LogP) is 4.00. The van der Waals surface area contributed by atoms with Gasteiger partial charge < -0.3 is 15.4 Å². The first-order valence-corrected chi connectivity index (χ1v) is 11.2. The molecule has 1 fully saturated rings. The zero-order valence-corrected chi connectivity index (χ0v) is 19.1. The van der Waals surface area contributed by atoms with Crippen molar-refractivity contribution in [2.24, 2.45) is 7.05 Å². The molecule has 1 aliphatic heterocycles. The van der Waals surface area contributed by atoms with Crippen LogP contribution in [0.5, 0.6) is 11.5 Å². The van der Waals surface area contributed by atoms with Crippen LogP contribution in [-0.2, 0) is 13.5 Å². The van der Waals surface area contributed by atoms with Crippen molar-refractivity contribution in [1.82, 2.24) is 25.4 Å². The SMILES string of the molecule is CCc1cc(-c2cc(Oc3ccc4c(C)nn(C)c4c3)ccn2)ccc1C(=O)NC1CNC1. The maximum Gasteiger partial charge on any atom is 0.251 e. The number of rotatable bonds is 6. The monoisotopic (exact) mass is 441 g/mol. The average molecular weight is 442 g/mol. The molecular weight excluding hydrogens is 414 g/mol. The Labute approximate surface area is 192 Å². The standard InChI is InChI=1S/C26H27N5O2/c1-4-17-11-18(5-7-23(17)26(32)29-19-14-27-15-19)24-12-21(9-10-28-24)33-20-6-8-22-16(2)30-31(3)25(22)13-20/h5-13,19,27H,4,14-15H2,1-3H3,(H,29,32). The van der Waals surface area contributed by atoms with Crippen LogP contribution in [0.3, 0.4) is 0 Å². The van der Waals surface area contributed by atoms with Gasteiger partial charge in [0.1, 0.15) is 11.5 Å². The van der Waals surface area contributed by atoms with Crippen LogP contribution in [0.4, 0.5) is 0 Å². The number of aryl methyl sites for hydroxylation is 3. The van der Waals surface area contributed by atoms with Gasteiger partial charge in [-0.25, -0.2) is 0 Å². The summed E-state index contributed by atoms with van der Waals surface area (Å²) in [5, 5.41) is 11.8. The summed E-state index contributed by atoms with van der Waals surface area (Å²) in [7, 11) is 1.93. The van der Waals surface area contributed by atoms with Gasteiger partial charge in [-0.3, -0.25) is 14.5 Å². The molecule has 1 amide bonds. The molecule has 0 spiro atoms. The maximum absolute atomic E-state index is 12.7. The van der Waals surface area contributed by atoms with Crippen molar-refractivity contribution in [3.05, 3.63) is 71.5 Å². The first-order chi connectivity index (χ1) is 16.0. The Bertz CT molecular complexity index is 1340. The van der Waals surface area contributed by atoms with E-state index in [0.29, 0.717) is 5.75 Å². The number of nitrogens with one attached hydrogen (secondary N) is 2. The third-order valence-corrected chi connectivity index (χ3v) is 6.12. The molecule has 0 atom stereocenters. The quantitative estimate of drug-likeness (QED) is 0.473. The van der Waals surface area contributed by atoms with E-state index in [1.54, 1.807) is 6.20 Å². The van der Waals surface area contributed by atoms with Crippen LogP contribution < -0.4 is 15.4 Å². The molecule has 7 nitrogen and oxygen atoms in total. The smallest absolute Gasteiger partial charge is 0.251 e. The highest BCUT2D eigenvalue weighted by atomic mass is 16.5. The number of fused-ring (bicyclic) bond motifs is 1. The second-order valence-electron chi connectivity index (χ2n) is 8.42. The van der Waals surface area contributed by atoms with Gasteiger partial charge in [0, 0.05) is 55.0 Å². The number of benzene rings is 2. The molecule has 4 aromatic rings. The number of pyridine rings is 1. The molecule has 0 saturated carbocycles. The highest BCUT2D eigenvalue weighted by Crippen LogP contribution is 2.29. The Balaban J connectivity index is 1.39. The Hall–Kier alpha value is -3.71. The van der Waals surface area contributed by atoms with E-state index in [1.165, 1.54) is 0 Å². The lowest BCUT2D eigenvalue weighted by Crippen LogP contribution is -2.57. The average Bonchev–Trinajstić information content (AvgIpc) is 3.08. The first kappa shape index (κ1) is 21.2. The van der Waals surface area contributed by atoms with E-state index in [4.69, 9.17) is 4.74 Å². The fourth-order valence-corrected chi connectivity index (χ4v) is 4.17. The lowest BCUT2D eigenvalue weighted by atomic mass is 9.99. The van der Waals surface area contributed by atoms with E-state index >= 15 is 0 Å². The Morgan fingerprint density at radius 3 is 2.73 bits per heavy atom. The van der Waals surface area contributed by atoms with Gasteiger partial charge in [-0.2, -0.15) is 5.10 Å². The summed E-state index contributed by atoms with van der Waals surface area (Å²) in [6.07, 6.45) is 2.51. The van der Waals surface area contributed by atoms with E-state index in [9.17, 15) is 4.79 Å². The molecule has 3 heterocycles. The van der Waals surface area contributed by atoms with E-state index in [2.05, 4.69) is 27.6 Å². The molecular formula is C26H27N5O2. The molecule has 0 aliphatic carbocycles. The topological polar surface area (TPSA) is 81.1 Å². The fourth-order valence-electron chi connectivity index (χ4n) is 4.17. The second-order valence-corrected chi connectivity index (χ2v) is 8.42. The summed E-state index contributed by atoms with van der Waals surface area (Å²) in [4.78, 5) is 17.2. The number of amides is 1. The Kier molecular flexibility index (Phi) is 5.56. The summed E-state index contributed by atoms with van der Waals surface area (Å²) in [5.41, 5.74) is 5.51. The number of hydrogen-bond acceptors (Lipinski definition) is 5. The molecule has 33 heavy (non-hydrogen) atoms. The molecule has 2 N–H and O–H groups in total. The van der Waals surface area contributed by atoms with Crippen LogP contribution >= 0.6 is 0 Å². The van der Waals surface area contributed by atoms with Crippen molar-refractivity contribution in [3.8, 4) is 22.8 Å². The van der Waals surface area contributed by atoms with Crippen molar-refractivity contribution < 1.29 is 9.53 Å². The molecule has 0 radical (unpaired) electrons. The number of ether oxygens (including phenoxy) is 1. The van der Waals surface area contributed by atoms with E-state index in [-0.39, 0.29) is 11.9 Å². The third-order valence-electron chi connectivity index (χ3n) is 6.12. The molecule has 0 bridgehead atoms. The molecule has 2 aromatic heterocycles. The van der Waals surface area contributed by atoms with Crippen LogP contribution in [0.25, 0.3) is 22.2 Å². The number of aromatic nitrogens is 3. The van der Waals surface area contributed by atoms with Crippen molar-refractivity contribution in [2.75, 3.05) is 13.1 Å². The third kappa shape index (κ3) is 4.19. The minimum Gasteiger partial charge on any atom is -0.457 e. The van der Waals surface area contributed by atoms with Gasteiger partial charge in [-0.05, 0) is 49.2 Å². The van der Waals surface area contributed by atoms with Crippen LogP contribution in [0, 0.1) is 6.92 Å². The normalized spacial score (nSPS) is 13.7. The van der Waals surface area contributed by atoms with Crippen LogP contribution in [0.2, 0.25) is 0 Å². The van der Waals surface area contributed by atoms with Gasteiger partial charge in [-0.1, -0.05) is 13.0 Å². The number of carbonyl (C=O) groups is 1. The summed E-state index contributed by atoms with van der Waals surface area (Å²) < 4.78 is 8.00. The van der Waals surface area contributed by atoms with E-state index < -0.39 is 0 Å². The highest BCUT2D eigenvalue weighted by molar-refractivity contribution is 5.96. The fraction of sp³-hybridized carbons (Fsp3) is 0.269. The van der Waals surface area contributed by atoms with Crippen molar-refractivity contribution in [2.45, 2.75) is 26.3 Å². The van der Waals surface area contributed by atoms with Crippen LogP contribution in [0.1, 0.15) is 28.5 Å². The van der Waals surface area contributed by atoms with Gasteiger partial charge in [0.25, 0.3) is 5.91 Å². The molecule has 1 aliphatic rings. The lowest BCUT2D eigenvalue weighted by molar-refractivity contribution is 0.0923. The largest absolute Gasteiger partial charge is 0.457 e. The van der Waals surface area contributed by atoms with Crippen molar-refractivity contribution in [3.63, 3.8) is 0 Å². The zero-order chi connectivity index (χ0) is 22.9. The summed E-state index contributed by atoms with van der Waals surface area (Å²) >= 11 is 0. The van der Waals surface area contributed by atoms with Gasteiger partial charge >= 0.3 is 0 Å². The molecule has 0 unspecified atom stereocenters. The van der Waals surface area contributed by atoms with Gasteiger partial charge in [-0.15, -0.1) is 0 Å². The minimum atomic E-state index is -0.0178. The number of nitrogens with zero attached hydrogens (tertiary/aromatic N) is 3. The van der Waals surface area contributed by atoms with E-state index in [1.807, 2.05) is 67.2 Å². The summed E-state index contributed by atoms with van der Waals surface area (Å²) in [5.74, 6) is 1.43.